The van der Waals surface area contributed by atoms with Crippen molar-refractivity contribution in [1.82, 2.24) is 10.6 Å². The van der Waals surface area contributed by atoms with Crippen molar-refractivity contribution in [2.75, 3.05) is 28.3 Å². The molecule has 0 aliphatic heterocycles. The zero-order valence-electron chi connectivity index (χ0n) is 13.6. The second kappa shape index (κ2) is 8.23. The fraction of sp³-hybridized carbons (Fsp3) is 0.467. The zero-order chi connectivity index (χ0) is 16.7. The van der Waals surface area contributed by atoms with Crippen LogP contribution in [0, 0.1) is 0 Å². The molecule has 1 aromatic rings. The normalized spacial score (nSPS) is 13.0. The van der Waals surface area contributed by atoms with Crippen LogP contribution in [0.3, 0.4) is 0 Å². The quantitative estimate of drug-likeness (QED) is 0.665. The van der Waals surface area contributed by atoms with Crippen molar-refractivity contribution in [3.05, 3.63) is 23.8 Å². The number of amides is 3. The molecular weight excluding hydrogens is 286 g/mol. The largest absolute Gasteiger partial charge is 0.493 e. The third kappa shape index (κ3) is 4.63. The van der Waals surface area contributed by atoms with Crippen molar-refractivity contribution in [3.63, 3.8) is 0 Å². The molecule has 1 aromatic carbocycles. The van der Waals surface area contributed by atoms with Crippen molar-refractivity contribution in [2.24, 2.45) is 0 Å². The molecule has 1 rings (SSSR count). The molecule has 0 fully saturated rings. The highest BCUT2D eigenvalue weighted by molar-refractivity contribution is 5.96. The highest BCUT2D eigenvalue weighted by Crippen LogP contribution is 2.27. The first kappa shape index (κ1) is 17.8. The van der Waals surface area contributed by atoms with Gasteiger partial charge in [0.25, 0.3) is 5.91 Å². The predicted molar refractivity (Wildman–Crippen MR) is 82.2 cm³/mol. The van der Waals surface area contributed by atoms with Crippen LogP contribution < -0.4 is 25.0 Å². The van der Waals surface area contributed by atoms with Gasteiger partial charge in [-0.2, -0.15) is 0 Å². The van der Waals surface area contributed by atoms with Crippen molar-refractivity contribution < 1.29 is 24.0 Å². The second-order valence-electron chi connectivity index (χ2n) is 5.00. The minimum atomic E-state index is -0.504. The van der Waals surface area contributed by atoms with Crippen LogP contribution in [0.1, 0.15) is 12.5 Å². The lowest BCUT2D eigenvalue weighted by Crippen LogP contribution is -3.12. The summed E-state index contributed by atoms with van der Waals surface area (Å²) in [6, 6.07) is 4.76. The lowest BCUT2D eigenvalue weighted by atomic mass is 10.1. The number of methoxy groups -OCH3 is 2. The molecule has 0 aliphatic rings. The van der Waals surface area contributed by atoms with E-state index >= 15 is 0 Å². The second-order valence-corrected chi connectivity index (χ2v) is 5.00. The summed E-state index contributed by atoms with van der Waals surface area (Å²) >= 11 is 0. The van der Waals surface area contributed by atoms with Gasteiger partial charge in [0.1, 0.15) is 6.54 Å². The van der Waals surface area contributed by atoms with E-state index in [0.29, 0.717) is 18.0 Å². The maximum atomic E-state index is 11.9. The van der Waals surface area contributed by atoms with Gasteiger partial charge >= 0.3 is 6.03 Å². The van der Waals surface area contributed by atoms with Gasteiger partial charge in [-0.25, -0.2) is 4.79 Å². The summed E-state index contributed by atoms with van der Waals surface area (Å²) in [5.74, 6) is 0.988. The third-order valence-electron chi connectivity index (χ3n) is 3.53. The average Bonchev–Trinajstić information content (AvgIpc) is 2.53. The zero-order valence-corrected chi connectivity index (χ0v) is 13.6. The van der Waals surface area contributed by atoms with Crippen molar-refractivity contribution in [3.8, 4) is 11.5 Å². The van der Waals surface area contributed by atoms with E-state index in [1.54, 1.807) is 21.1 Å². The maximum Gasteiger partial charge on any atom is 0.321 e. The SMILES string of the molecule is CNC(=O)NC(=O)[C@H](C)[NH+](C)Cc1ccc(OC)c(OC)c1. The van der Waals surface area contributed by atoms with Gasteiger partial charge in [-0.05, 0) is 25.1 Å². The summed E-state index contributed by atoms with van der Waals surface area (Å²) in [5, 5.41) is 4.64. The van der Waals surface area contributed by atoms with Crippen LogP contribution in [-0.4, -0.2) is 46.3 Å². The number of imide groups is 1. The molecule has 7 heteroatoms. The van der Waals surface area contributed by atoms with Gasteiger partial charge in [-0.15, -0.1) is 0 Å². The van der Waals surface area contributed by atoms with Crippen LogP contribution in [0.15, 0.2) is 18.2 Å². The number of likely N-dealkylation sites (N-methyl/N-ethyl adjacent to an activating group) is 1. The molecule has 0 spiro atoms. The van der Waals surface area contributed by atoms with Gasteiger partial charge in [0.2, 0.25) is 0 Å². The van der Waals surface area contributed by atoms with Crippen LogP contribution in [0.25, 0.3) is 0 Å². The van der Waals surface area contributed by atoms with Crippen molar-refractivity contribution in [1.29, 1.82) is 0 Å². The molecule has 0 heterocycles. The molecule has 0 saturated heterocycles. The Morgan fingerprint density at radius 2 is 1.86 bits per heavy atom. The number of hydrogen-bond donors (Lipinski definition) is 3. The van der Waals surface area contributed by atoms with Gasteiger partial charge in [-0.1, -0.05) is 0 Å². The van der Waals surface area contributed by atoms with E-state index in [4.69, 9.17) is 9.47 Å². The first-order valence-corrected chi connectivity index (χ1v) is 6.98. The molecular formula is C15H24N3O4+. The number of nitrogens with one attached hydrogen (secondary N) is 3. The lowest BCUT2D eigenvalue weighted by Gasteiger charge is -2.21. The van der Waals surface area contributed by atoms with Crippen LogP contribution in [-0.2, 0) is 11.3 Å². The van der Waals surface area contributed by atoms with E-state index in [-0.39, 0.29) is 11.9 Å². The highest BCUT2D eigenvalue weighted by Gasteiger charge is 2.23. The lowest BCUT2D eigenvalue weighted by molar-refractivity contribution is -0.908. The Hall–Kier alpha value is -2.28. The Morgan fingerprint density at radius 1 is 1.23 bits per heavy atom. The van der Waals surface area contributed by atoms with Gasteiger partial charge in [-0.3, -0.25) is 10.1 Å². The summed E-state index contributed by atoms with van der Waals surface area (Å²) < 4.78 is 10.5. The summed E-state index contributed by atoms with van der Waals surface area (Å²) in [4.78, 5) is 24.1. The Kier molecular flexibility index (Phi) is 6.65. The number of carbonyl (C=O) groups is 2. The molecule has 2 atom stereocenters. The van der Waals surface area contributed by atoms with Gasteiger partial charge in [0, 0.05) is 12.6 Å². The molecule has 22 heavy (non-hydrogen) atoms. The van der Waals surface area contributed by atoms with Crippen molar-refractivity contribution >= 4 is 11.9 Å². The van der Waals surface area contributed by atoms with Crippen LogP contribution in [0.2, 0.25) is 0 Å². The molecule has 122 valence electrons. The van der Waals surface area contributed by atoms with E-state index in [0.717, 1.165) is 10.5 Å². The summed E-state index contributed by atoms with van der Waals surface area (Å²) in [6.45, 7) is 2.39. The Labute approximate surface area is 130 Å². The average molecular weight is 310 g/mol. The topological polar surface area (TPSA) is 81.1 Å². The number of carbonyl (C=O) groups excluding carboxylic acids is 2. The first-order chi connectivity index (χ1) is 10.4. The van der Waals surface area contributed by atoms with Crippen molar-refractivity contribution in [2.45, 2.75) is 19.5 Å². The smallest absolute Gasteiger partial charge is 0.321 e. The molecule has 0 bridgehead atoms. The highest BCUT2D eigenvalue weighted by atomic mass is 16.5. The first-order valence-electron chi connectivity index (χ1n) is 6.98. The minimum absolute atomic E-state index is 0.322. The molecule has 0 aromatic heterocycles. The van der Waals surface area contributed by atoms with Crippen LogP contribution in [0.5, 0.6) is 11.5 Å². The van der Waals surface area contributed by atoms with Crippen LogP contribution >= 0.6 is 0 Å². The van der Waals surface area contributed by atoms with Gasteiger partial charge in [0.15, 0.2) is 17.5 Å². The van der Waals surface area contributed by atoms with Gasteiger partial charge < -0.3 is 19.7 Å². The monoisotopic (exact) mass is 310 g/mol. The number of rotatable bonds is 6. The number of quaternary nitrogens is 1. The molecule has 0 saturated carbocycles. The van der Waals surface area contributed by atoms with E-state index in [9.17, 15) is 9.59 Å². The Morgan fingerprint density at radius 3 is 2.41 bits per heavy atom. The molecule has 3 amide bonds. The summed E-state index contributed by atoms with van der Waals surface area (Å²) in [5.41, 5.74) is 1.01. The fourth-order valence-corrected chi connectivity index (χ4v) is 1.97. The van der Waals surface area contributed by atoms with Gasteiger partial charge in [0.05, 0.1) is 21.3 Å². The molecule has 3 N–H and O–H groups in total. The van der Waals surface area contributed by atoms with E-state index < -0.39 is 6.03 Å². The maximum absolute atomic E-state index is 11.9. The molecule has 0 aliphatic carbocycles. The molecule has 0 radical (unpaired) electrons. The fourth-order valence-electron chi connectivity index (χ4n) is 1.97. The summed E-state index contributed by atoms with van der Waals surface area (Å²) in [6.07, 6.45) is 0. The summed E-state index contributed by atoms with van der Waals surface area (Å²) in [7, 11) is 6.52. The Bertz CT molecular complexity index is 534. The number of urea groups is 1. The third-order valence-corrected chi connectivity index (χ3v) is 3.53. The van der Waals surface area contributed by atoms with E-state index in [1.807, 2.05) is 25.2 Å². The number of hydrogen-bond acceptors (Lipinski definition) is 4. The number of benzene rings is 1. The van der Waals surface area contributed by atoms with E-state index in [1.165, 1.54) is 7.05 Å². The van der Waals surface area contributed by atoms with E-state index in [2.05, 4.69) is 10.6 Å². The predicted octanol–water partition coefficient (Wildman–Crippen LogP) is -0.437. The Balaban J connectivity index is 2.73. The minimum Gasteiger partial charge on any atom is -0.493 e. The van der Waals surface area contributed by atoms with Crippen LogP contribution in [0.4, 0.5) is 4.79 Å². The molecule has 7 nitrogen and oxygen atoms in total. The standard InChI is InChI=1S/C15H23N3O4/c1-10(14(19)17-15(20)16-2)18(3)9-11-6-7-12(21-4)13(8-11)22-5/h6-8,10H,9H2,1-5H3,(H2,16,17,19,20)/p+1/t10-/m0/s1. The number of ether oxygens (including phenoxy) is 2. The molecule has 1 unspecified atom stereocenters.